The number of amides is 2. The first-order valence-electron chi connectivity index (χ1n) is 9.15. The number of aryl methyl sites for hydroxylation is 1. The number of hydrogen-bond donors (Lipinski definition) is 2. The van der Waals surface area contributed by atoms with E-state index in [2.05, 4.69) is 41.8 Å². The van der Waals surface area contributed by atoms with Crippen molar-refractivity contribution in [1.29, 1.82) is 0 Å². The van der Waals surface area contributed by atoms with E-state index in [9.17, 15) is 14.0 Å². The van der Waals surface area contributed by atoms with Gasteiger partial charge in [0.05, 0.1) is 22.3 Å². The van der Waals surface area contributed by atoms with E-state index in [0.717, 1.165) is 15.9 Å². The lowest BCUT2D eigenvalue weighted by Crippen LogP contribution is -2.35. The van der Waals surface area contributed by atoms with Crippen LogP contribution in [0.4, 0.5) is 4.39 Å². The van der Waals surface area contributed by atoms with Gasteiger partial charge in [-0.2, -0.15) is 10.1 Å². The van der Waals surface area contributed by atoms with Gasteiger partial charge in [0, 0.05) is 13.1 Å². The molecule has 9 nitrogen and oxygen atoms in total. The van der Waals surface area contributed by atoms with Gasteiger partial charge < -0.3 is 15.2 Å². The molecular formula is C19H20BrFN6O3. The van der Waals surface area contributed by atoms with Crippen LogP contribution in [0, 0.1) is 19.7 Å². The molecule has 11 heteroatoms. The van der Waals surface area contributed by atoms with Crippen LogP contribution in [0.15, 0.2) is 33.3 Å². The standard InChI is InChI=1S/C19H20BrFN6O3/c1-11-17(20)12(2)27(25-11)10-15-24-19(30-26-15)18(29)23-8-7-22-16(28)9-13-3-5-14(21)6-4-13/h3-6H,7-10H2,1-2H3,(H,22,28)(H,23,29). The summed E-state index contributed by atoms with van der Waals surface area (Å²) < 4.78 is 20.5. The SMILES string of the molecule is Cc1nn(Cc2noc(C(=O)NCCNC(=O)Cc3ccc(F)cc3)n2)c(C)c1Br. The van der Waals surface area contributed by atoms with Crippen molar-refractivity contribution in [2.75, 3.05) is 13.1 Å². The minimum absolute atomic E-state index is 0.129. The number of carbonyl (C=O) groups excluding carboxylic acids is 2. The summed E-state index contributed by atoms with van der Waals surface area (Å²) in [6.45, 7) is 4.47. The molecule has 0 aliphatic carbocycles. The fourth-order valence-electron chi connectivity index (χ4n) is 2.68. The summed E-state index contributed by atoms with van der Waals surface area (Å²) in [7, 11) is 0. The Hall–Kier alpha value is -3.08. The molecule has 2 heterocycles. The number of nitrogens with zero attached hydrogens (tertiary/aromatic N) is 4. The van der Waals surface area contributed by atoms with Crippen molar-refractivity contribution in [2.45, 2.75) is 26.8 Å². The minimum Gasteiger partial charge on any atom is -0.354 e. The highest BCUT2D eigenvalue weighted by atomic mass is 79.9. The molecule has 0 saturated carbocycles. The summed E-state index contributed by atoms with van der Waals surface area (Å²) in [5.41, 5.74) is 2.46. The first-order valence-corrected chi connectivity index (χ1v) is 9.94. The normalized spacial score (nSPS) is 10.8. The van der Waals surface area contributed by atoms with E-state index < -0.39 is 5.91 Å². The highest BCUT2D eigenvalue weighted by Crippen LogP contribution is 2.20. The lowest BCUT2D eigenvalue weighted by molar-refractivity contribution is -0.120. The fraction of sp³-hybridized carbons (Fsp3) is 0.316. The fourth-order valence-corrected chi connectivity index (χ4v) is 2.96. The maximum atomic E-state index is 12.9. The van der Waals surface area contributed by atoms with Gasteiger partial charge in [0.25, 0.3) is 0 Å². The molecule has 0 bridgehead atoms. The van der Waals surface area contributed by atoms with Crippen molar-refractivity contribution in [3.63, 3.8) is 0 Å². The summed E-state index contributed by atoms with van der Waals surface area (Å²) in [5.74, 6) is -0.953. The molecule has 3 rings (SSSR count). The topological polar surface area (TPSA) is 115 Å². The molecule has 0 unspecified atom stereocenters. The maximum absolute atomic E-state index is 12.9. The third-order valence-corrected chi connectivity index (χ3v) is 5.41. The predicted octanol–water partition coefficient (Wildman–Crippen LogP) is 1.92. The lowest BCUT2D eigenvalue weighted by atomic mass is 10.1. The van der Waals surface area contributed by atoms with E-state index in [-0.39, 0.29) is 43.7 Å². The number of halogens is 2. The molecular weight excluding hydrogens is 459 g/mol. The Kier molecular flexibility index (Phi) is 6.93. The zero-order valence-electron chi connectivity index (χ0n) is 16.4. The van der Waals surface area contributed by atoms with Gasteiger partial charge in [0.15, 0.2) is 5.82 Å². The molecule has 0 atom stereocenters. The second-order valence-corrected chi connectivity index (χ2v) is 7.36. The van der Waals surface area contributed by atoms with E-state index >= 15 is 0 Å². The van der Waals surface area contributed by atoms with E-state index in [0.29, 0.717) is 11.4 Å². The van der Waals surface area contributed by atoms with Gasteiger partial charge in [-0.15, -0.1) is 0 Å². The van der Waals surface area contributed by atoms with Crippen LogP contribution in [0.2, 0.25) is 0 Å². The molecule has 0 saturated heterocycles. The molecule has 30 heavy (non-hydrogen) atoms. The first-order chi connectivity index (χ1) is 14.3. The zero-order valence-corrected chi connectivity index (χ0v) is 18.0. The molecule has 0 spiro atoms. The van der Waals surface area contributed by atoms with Crippen LogP contribution in [-0.2, 0) is 17.8 Å². The number of benzene rings is 1. The Morgan fingerprint density at radius 2 is 1.87 bits per heavy atom. The summed E-state index contributed by atoms with van der Waals surface area (Å²) >= 11 is 3.45. The predicted molar refractivity (Wildman–Crippen MR) is 108 cm³/mol. The van der Waals surface area contributed by atoms with Crippen LogP contribution in [0.1, 0.15) is 33.5 Å². The second-order valence-electron chi connectivity index (χ2n) is 6.57. The number of aromatic nitrogens is 4. The minimum atomic E-state index is -0.531. The van der Waals surface area contributed by atoms with E-state index in [1.807, 2.05) is 13.8 Å². The molecule has 2 aromatic heterocycles. The van der Waals surface area contributed by atoms with Crippen LogP contribution >= 0.6 is 15.9 Å². The Morgan fingerprint density at radius 1 is 1.17 bits per heavy atom. The van der Waals surface area contributed by atoms with Gasteiger partial charge in [-0.25, -0.2) is 4.39 Å². The van der Waals surface area contributed by atoms with Crippen LogP contribution in [0.5, 0.6) is 0 Å². The van der Waals surface area contributed by atoms with Crippen molar-refractivity contribution in [3.05, 3.63) is 63.2 Å². The Labute approximate surface area is 180 Å². The van der Waals surface area contributed by atoms with Crippen molar-refractivity contribution in [1.82, 2.24) is 30.6 Å². The highest BCUT2D eigenvalue weighted by molar-refractivity contribution is 9.10. The van der Waals surface area contributed by atoms with Crippen LogP contribution in [0.3, 0.4) is 0 Å². The van der Waals surface area contributed by atoms with Crippen molar-refractivity contribution in [3.8, 4) is 0 Å². The van der Waals surface area contributed by atoms with E-state index in [1.165, 1.54) is 12.1 Å². The number of carbonyl (C=O) groups is 2. The van der Waals surface area contributed by atoms with Gasteiger partial charge in [0.2, 0.25) is 5.91 Å². The van der Waals surface area contributed by atoms with Gasteiger partial charge in [0.1, 0.15) is 12.4 Å². The molecule has 0 radical (unpaired) electrons. The Morgan fingerprint density at radius 3 is 2.53 bits per heavy atom. The zero-order chi connectivity index (χ0) is 21.7. The van der Waals surface area contributed by atoms with Gasteiger partial charge >= 0.3 is 11.8 Å². The van der Waals surface area contributed by atoms with Crippen molar-refractivity contribution >= 4 is 27.7 Å². The molecule has 0 aliphatic rings. The van der Waals surface area contributed by atoms with Gasteiger partial charge in [-0.1, -0.05) is 17.3 Å². The third kappa shape index (κ3) is 5.50. The molecule has 2 N–H and O–H groups in total. The van der Waals surface area contributed by atoms with Gasteiger partial charge in [-0.05, 0) is 47.5 Å². The molecule has 3 aromatic rings. The van der Waals surface area contributed by atoms with E-state index in [4.69, 9.17) is 4.52 Å². The molecule has 0 fully saturated rings. The van der Waals surface area contributed by atoms with Crippen molar-refractivity contribution < 1.29 is 18.5 Å². The molecule has 158 valence electrons. The average molecular weight is 479 g/mol. The van der Waals surface area contributed by atoms with Crippen LogP contribution < -0.4 is 10.6 Å². The lowest BCUT2D eigenvalue weighted by Gasteiger charge is -2.06. The quantitative estimate of drug-likeness (QED) is 0.478. The number of rotatable bonds is 8. The largest absolute Gasteiger partial charge is 0.354 e. The highest BCUT2D eigenvalue weighted by Gasteiger charge is 2.17. The Bertz CT molecular complexity index is 1050. The van der Waals surface area contributed by atoms with Crippen LogP contribution in [-0.4, -0.2) is 44.8 Å². The maximum Gasteiger partial charge on any atom is 0.316 e. The average Bonchev–Trinajstić information content (AvgIpc) is 3.28. The van der Waals surface area contributed by atoms with Gasteiger partial charge in [-0.3, -0.25) is 14.3 Å². The van der Waals surface area contributed by atoms with Crippen molar-refractivity contribution in [2.24, 2.45) is 0 Å². The summed E-state index contributed by atoms with van der Waals surface area (Å²) in [6.07, 6.45) is 0.129. The summed E-state index contributed by atoms with van der Waals surface area (Å²) in [4.78, 5) is 28.1. The number of nitrogens with one attached hydrogen (secondary N) is 2. The first kappa shape index (κ1) is 21.6. The molecule has 2 amide bonds. The number of hydrogen-bond acceptors (Lipinski definition) is 6. The summed E-state index contributed by atoms with van der Waals surface area (Å²) in [6, 6.07) is 5.70. The monoisotopic (exact) mass is 478 g/mol. The third-order valence-electron chi connectivity index (χ3n) is 4.26. The summed E-state index contributed by atoms with van der Waals surface area (Å²) in [5, 5.41) is 13.4. The van der Waals surface area contributed by atoms with E-state index in [1.54, 1.807) is 16.8 Å². The van der Waals surface area contributed by atoms with Crippen LogP contribution in [0.25, 0.3) is 0 Å². The molecule has 1 aromatic carbocycles. The Balaban J connectivity index is 1.42. The smallest absolute Gasteiger partial charge is 0.316 e. The molecule has 0 aliphatic heterocycles. The second kappa shape index (κ2) is 9.61.